The van der Waals surface area contributed by atoms with Crippen LogP contribution in [0.2, 0.25) is 10.0 Å². The zero-order valence-corrected chi connectivity index (χ0v) is 10.9. The van der Waals surface area contributed by atoms with E-state index in [-0.39, 0.29) is 22.4 Å². The molecule has 6 nitrogen and oxygen atoms in total. The number of benzene rings is 1. The molecule has 0 aliphatic carbocycles. The highest BCUT2D eigenvalue weighted by Crippen LogP contribution is 2.34. The Morgan fingerprint density at radius 1 is 1.26 bits per heavy atom. The molecular weight excluding hydrogens is 291 g/mol. The lowest BCUT2D eigenvalue weighted by Crippen LogP contribution is -2.16. The molecule has 19 heavy (non-hydrogen) atoms. The van der Waals surface area contributed by atoms with Gasteiger partial charge in [-0.3, -0.25) is 0 Å². The van der Waals surface area contributed by atoms with Crippen LogP contribution in [0.5, 0.6) is 11.6 Å². The van der Waals surface area contributed by atoms with Gasteiger partial charge in [0.25, 0.3) is 0 Å². The number of oxime groups is 1. The Bertz CT molecular complexity index is 634. The number of nitrogens with two attached hydrogens (primary N) is 1. The monoisotopic (exact) mass is 298 g/mol. The van der Waals surface area contributed by atoms with Gasteiger partial charge in [0.2, 0.25) is 5.88 Å². The topological polar surface area (TPSA) is 93.6 Å². The Morgan fingerprint density at radius 3 is 2.74 bits per heavy atom. The highest BCUT2D eigenvalue weighted by Gasteiger charge is 2.14. The molecule has 0 fully saturated rings. The van der Waals surface area contributed by atoms with Crippen molar-refractivity contribution in [2.45, 2.75) is 0 Å². The first-order valence-electron chi connectivity index (χ1n) is 5.04. The number of halogens is 2. The molecule has 0 radical (unpaired) electrons. The van der Waals surface area contributed by atoms with Gasteiger partial charge >= 0.3 is 0 Å². The molecule has 0 bridgehead atoms. The van der Waals surface area contributed by atoms with E-state index in [4.69, 9.17) is 38.9 Å². The van der Waals surface area contributed by atoms with Gasteiger partial charge < -0.3 is 15.7 Å². The van der Waals surface area contributed by atoms with E-state index in [0.717, 1.165) is 0 Å². The smallest absolute Gasteiger partial charge is 0.249 e. The summed E-state index contributed by atoms with van der Waals surface area (Å²) in [5.74, 6) is 0.130. The molecule has 0 saturated heterocycles. The lowest BCUT2D eigenvalue weighted by atomic mass is 10.3. The van der Waals surface area contributed by atoms with Gasteiger partial charge in [0.05, 0.1) is 5.02 Å². The molecule has 1 heterocycles. The predicted octanol–water partition coefficient (Wildman–Crippen LogP) is 2.67. The molecule has 2 rings (SSSR count). The number of amidine groups is 1. The van der Waals surface area contributed by atoms with Crippen LogP contribution in [0, 0.1) is 0 Å². The Kier molecular flexibility index (Phi) is 4.03. The average molecular weight is 299 g/mol. The molecule has 1 aromatic carbocycles. The number of hydrogen-bond acceptors (Lipinski definition) is 5. The van der Waals surface area contributed by atoms with Gasteiger partial charge in [-0.15, -0.1) is 0 Å². The SMILES string of the molecule is NC(=NO)c1nccnc1Oc1cccc(Cl)c1Cl. The summed E-state index contributed by atoms with van der Waals surface area (Å²) < 4.78 is 5.48. The second-order valence-corrected chi connectivity index (χ2v) is 4.13. The Hall–Kier alpha value is -2.05. The van der Waals surface area contributed by atoms with Crippen LogP contribution < -0.4 is 10.5 Å². The minimum absolute atomic E-state index is 0.0574. The minimum atomic E-state index is -0.221. The number of ether oxygens (including phenoxy) is 1. The summed E-state index contributed by atoms with van der Waals surface area (Å²) in [5, 5.41) is 12.1. The minimum Gasteiger partial charge on any atom is -0.435 e. The van der Waals surface area contributed by atoms with Crippen molar-refractivity contribution in [2.24, 2.45) is 10.9 Å². The molecule has 0 aliphatic rings. The zero-order chi connectivity index (χ0) is 13.8. The molecular formula is C11H8Cl2N4O2. The van der Waals surface area contributed by atoms with Gasteiger partial charge in [0, 0.05) is 12.4 Å². The van der Waals surface area contributed by atoms with E-state index in [0.29, 0.717) is 10.8 Å². The highest BCUT2D eigenvalue weighted by molar-refractivity contribution is 6.42. The van der Waals surface area contributed by atoms with Crippen molar-refractivity contribution in [3.05, 3.63) is 46.3 Å². The fourth-order valence-corrected chi connectivity index (χ4v) is 1.62. The van der Waals surface area contributed by atoms with Crippen molar-refractivity contribution in [3.63, 3.8) is 0 Å². The lowest BCUT2D eigenvalue weighted by Gasteiger charge is -2.09. The van der Waals surface area contributed by atoms with Crippen LogP contribution in [-0.2, 0) is 0 Å². The number of rotatable bonds is 3. The van der Waals surface area contributed by atoms with E-state index in [1.165, 1.54) is 12.4 Å². The molecule has 0 aliphatic heterocycles. The van der Waals surface area contributed by atoms with E-state index < -0.39 is 0 Å². The third kappa shape index (κ3) is 2.86. The maximum atomic E-state index is 8.67. The van der Waals surface area contributed by atoms with E-state index in [9.17, 15) is 0 Å². The van der Waals surface area contributed by atoms with E-state index in [2.05, 4.69) is 15.1 Å². The molecule has 0 unspecified atom stereocenters. The van der Waals surface area contributed by atoms with E-state index in [1.54, 1.807) is 18.2 Å². The van der Waals surface area contributed by atoms with Crippen molar-refractivity contribution in [1.82, 2.24) is 9.97 Å². The summed E-state index contributed by atoms with van der Waals surface area (Å²) >= 11 is 11.9. The average Bonchev–Trinajstić information content (AvgIpc) is 2.43. The Labute approximate surface area is 118 Å². The summed E-state index contributed by atoms with van der Waals surface area (Å²) in [5.41, 5.74) is 5.57. The summed E-state index contributed by atoms with van der Waals surface area (Å²) in [6.45, 7) is 0. The quantitative estimate of drug-likeness (QED) is 0.393. The Balaban J connectivity index is 2.42. The molecule has 0 atom stereocenters. The molecule has 0 saturated carbocycles. The molecule has 2 aromatic rings. The van der Waals surface area contributed by atoms with E-state index in [1.807, 2.05) is 0 Å². The molecule has 8 heteroatoms. The van der Waals surface area contributed by atoms with Gasteiger partial charge in [0.1, 0.15) is 10.8 Å². The number of hydrogen-bond donors (Lipinski definition) is 2. The third-order valence-corrected chi connectivity index (χ3v) is 2.94. The maximum Gasteiger partial charge on any atom is 0.249 e. The first-order chi connectivity index (χ1) is 9.13. The number of aromatic nitrogens is 2. The van der Waals surface area contributed by atoms with Crippen molar-refractivity contribution in [2.75, 3.05) is 0 Å². The summed E-state index contributed by atoms with van der Waals surface area (Å²) in [6, 6.07) is 4.90. The second-order valence-electron chi connectivity index (χ2n) is 3.35. The van der Waals surface area contributed by atoms with Gasteiger partial charge in [-0.2, -0.15) is 0 Å². The zero-order valence-electron chi connectivity index (χ0n) is 9.42. The van der Waals surface area contributed by atoms with Crippen LogP contribution in [0.15, 0.2) is 35.7 Å². The highest BCUT2D eigenvalue weighted by atomic mass is 35.5. The molecule has 0 spiro atoms. The van der Waals surface area contributed by atoms with Crippen LogP contribution >= 0.6 is 23.2 Å². The lowest BCUT2D eigenvalue weighted by molar-refractivity contribution is 0.318. The van der Waals surface area contributed by atoms with Gasteiger partial charge in [-0.05, 0) is 12.1 Å². The van der Waals surface area contributed by atoms with Crippen molar-refractivity contribution >= 4 is 29.0 Å². The summed E-state index contributed by atoms with van der Waals surface area (Å²) in [6.07, 6.45) is 2.79. The predicted molar refractivity (Wildman–Crippen MR) is 71.1 cm³/mol. The molecule has 0 amide bonds. The fraction of sp³-hybridized carbons (Fsp3) is 0. The fourth-order valence-electron chi connectivity index (χ4n) is 1.29. The normalized spacial score (nSPS) is 11.4. The first-order valence-corrected chi connectivity index (χ1v) is 5.80. The van der Waals surface area contributed by atoms with Gasteiger partial charge in [0.15, 0.2) is 11.5 Å². The van der Waals surface area contributed by atoms with Crippen molar-refractivity contribution < 1.29 is 9.94 Å². The second kappa shape index (κ2) is 5.73. The van der Waals surface area contributed by atoms with Crippen LogP contribution in [0.3, 0.4) is 0 Å². The summed E-state index contributed by atoms with van der Waals surface area (Å²) in [7, 11) is 0. The first kappa shape index (κ1) is 13.4. The van der Waals surface area contributed by atoms with Crippen LogP contribution in [-0.4, -0.2) is 21.0 Å². The van der Waals surface area contributed by atoms with Crippen LogP contribution in [0.4, 0.5) is 0 Å². The molecule has 1 aromatic heterocycles. The van der Waals surface area contributed by atoms with Crippen molar-refractivity contribution in [1.29, 1.82) is 0 Å². The molecule has 3 N–H and O–H groups in total. The standard InChI is InChI=1S/C11H8Cl2N4O2/c12-6-2-1-3-7(8(6)13)19-11-9(10(14)17-18)15-4-5-16-11/h1-5,18H,(H2,14,17). The van der Waals surface area contributed by atoms with Gasteiger partial charge in [-0.1, -0.05) is 34.4 Å². The maximum absolute atomic E-state index is 8.67. The number of nitrogens with zero attached hydrogens (tertiary/aromatic N) is 3. The largest absolute Gasteiger partial charge is 0.435 e. The third-order valence-electron chi connectivity index (χ3n) is 2.14. The summed E-state index contributed by atoms with van der Waals surface area (Å²) in [4.78, 5) is 7.87. The van der Waals surface area contributed by atoms with Crippen LogP contribution in [0.25, 0.3) is 0 Å². The Morgan fingerprint density at radius 2 is 2.00 bits per heavy atom. The van der Waals surface area contributed by atoms with E-state index >= 15 is 0 Å². The van der Waals surface area contributed by atoms with Crippen molar-refractivity contribution in [3.8, 4) is 11.6 Å². The van der Waals surface area contributed by atoms with Crippen LogP contribution in [0.1, 0.15) is 5.69 Å². The molecule has 98 valence electrons. The van der Waals surface area contributed by atoms with Gasteiger partial charge in [-0.25, -0.2) is 9.97 Å².